The Kier molecular flexibility index (Phi) is 7.18. The first kappa shape index (κ1) is 19.0. The summed E-state index contributed by atoms with van der Waals surface area (Å²) in [5.74, 6) is 0.463. The van der Waals surface area contributed by atoms with Gasteiger partial charge < -0.3 is 14.7 Å². The highest BCUT2D eigenvalue weighted by atomic mass is 19.1. The SMILES string of the molecule is O[C@@H](COCc1ccccc1F)CN1CCC(Cc2ccccc2)CC1. The van der Waals surface area contributed by atoms with Crippen LogP contribution >= 0.6 is 0 Å². The Morgan fingerprint density at radius 1 is 1.04 bits per heavy atom. The van der Waals surface area contributed by atoms with Crippen molar-refractivity contribution in [3.8, 4) is 0 Å². The summed E-state index contributed by atoms with van der Waals surface area (Å²) >= 11 is 0. The maximum absolute atomic E-state index is 13.5. The van der Waals surface area contributed by atoms with Crippen LogP contribution in [0.4, 0.5) is 4.39 Å². The predicted octanol–water partition coefficient (Wildman–Crippen LogP) is 3.66. The number of β-amino-alcohol motifs (C(OH)–C–C–N with tert-alkyl or cyclic N) is 1. The molecule has 0 bridgehead atoms. The van der Waals surface area contributed by atoms with Crippen LogP contribution in [0.1, 0.15) is 24.0 Å². The number of halogens is 1. The van der Waals surface area contributed by atoms with Crippen LogP contribution < -0.4 is 0 Å². The van der Waals surface area contributed by atoms with E-state index in [4.69, 9.17) is 4.74 Å². The fourth-order valence-corrected chi connectivity index (χ4v) is 3.59. The smallest absolute Gasteiger partial charge is 0.128 e. The van der Waals surface area contributed by atoms with Gasteiger partial charge in [-0.25, -0.2) is 4.39 Å². The molecule has 0 spiro atoms. The lowest BCUT2D eigenvalue weighted by atomic mass is 9.90. The second kappa shape index (κ2) is 9.81. The summed E-state index contributed by atoms with van der Waals surface area (Å²) in [5, 5.41) is 10.2. The molecule has 26 heavy (non-hydrogen) atoms. The Hall–Kier alpha value is -1.75. The second-order valence-corrected chi connectivity index (χ2v) is 7.19. The van der Waals surface area contributed by atoms with Crippen LogP contribution in [-0.2, 0) is 17.8 Å². The van der Waals surface area contributed by atoms with Gasteiger partial charge in [0.1, 0.15) is 5.82 Å². The quantitative estimate of drug-likeness (QED) is 0.783. The number of piperidine rings is 1. The molecule has 3 nitrogen and oxygen atoms in total. The lowest BCUT2D eigenvalue weighted by Crippen LogP contribution is -2.40. The summed E-state index contributed by atoms with van der Waals surface area (Å²) in [7, 11) is 0. The lowest BCUT2D eigenvalue weighted by molar-refractivity contribution is 0.00382. The molecule has 2 aromatic rings. The van der Waals surface area contributed by atoms with Gasteiger partial charge in [0.15, 0.2) is 0 Å². The molecule has 0 unspecified atom stereocenters. The lowest BCUT2D eigenvalue weighted by Gasteiger charge is -2.33. The molecule has 1 fully saturated rings. The zero-order valence-corrected chi connectivity index (χ0v) is 15.2. The molecule has 0 saturated carbocycles. The Labute approximate surface area is 155 Å². The first-order chi connectivity index (χ1) is 12.7. The molecule has 1 N–H and O–H groups in total. The first-order valence-electron chi connectivity index (χ1n) is 9.46. The number of hydrogen-bond acceptors (Lipinski definition) is 3. The van der Waals surface area contributed by atoms with Gasteiger partial charge in [0.05, 0.1) is 19.3 Å². The van der Waals surface area contributed by atoms with Gasteiger partial charge >= 0.3 is 0 Å². The maximum atomic E-state index is 13.5. The summed E-state index contributed by atoms with van der Waals surface area (Å²) in [6.07, 6.45) is 2.94. The number of likely N-dealkylation sites (tertiary alicyclic amines) is 1. The number of hydrogen-bond donors (Lipinski definition) is 1. The van der Waals surface area contributed by atoms with Crippen LogP contribution in [0.5, 0.6) is 0 Å². The maximum Gasteiger partial charge on any atom is 0.128 e. The van der Waals surface area contributed by atoms with Gasteiger partial charge in [0.25, 0.3) is 0 Å². The summed E-state index contributed by atoms with van der Waals surface area (Å²) in [6, 6.07) is 17.2. The van der Waals surface area contributed by atoms with Gasteiger partial charge in [-0.1, -0.05) is 48.5 Å². The molecule has 140 valence electrons. The number of nitrogens with zero attached hydrogens (tertiary/aromatic N) is 1. The molecule has 0 aliphatic carbocycles. The van der Waals surface area contributed by atoms with Crippen LogP contribution in [0.25, 0.3) is 0 Å². The Morgan fingerprint density at radius 2 is 1.73 bits per heavy atom. The van der Waals surface area contributed by atoms with Crippen molar-refractivity contribution in [2.24, 2.45) is 5.92 Å². The summed E-state index contributed by atoms with van der Waals surface area (Å²) in [6.45, 7) is 3.08. The topological polar surface area (TPSA) is 32.7 Å². The van der Waals surface area contributed by atoms with Crippen LogP contribution in [0.2, 0.25) is 0 Å². The van der Waals surface area contributed by atoms with E-state index in [1.54, 1.807) is 18.2 Å². The third-order valence-electron chi connectivity index (χ3n) is 5.07. The van der Waals surface area contributed by atoms with Crippen molar-refractivity contribution in [3.05, 3.63) is 71.5 Å². The Morgan fingerprint density at radius 3 is 2.46 bits per heavy atom. The summed E-state index contributed by atoms with van der Waals surface area (Å²) < 4.78 is 19.0. The molecule has 1 atom stereocenters. The minimum Gasteiger partial charge on any atom is -0.389 e. The van der Waals surface area contributed by atoms with Crippen LogP contribution in [0.15, 0.2) is 54.6 Å². The first-order valence-corrected chi connectivity index (χ1v) is 9.46. The van der Waals surface area contributed by atoms with E-state index in [2.05, 4.69) is 35.2 Å². The second-order valence-electron chi connectivity index (χ2n) is 7.19. The minimum absolute atomic E-state index is 0.197. The monoisotopic (exact) mass is 357 g/mol. The highest BCUT2D eigenvalue weighted by Gasteiger charge is 2.21. The van der Waals surface area contributed by atoms with Crippen molar-refractivity contribution >= 4 is 0 Å². The number of ether oxygens (including phenoxy) is 1. The summed E-state index contributed by atoms with van der Waals surface area (Å²) in [5.41, 5.74) is 1.94. The molecular weight excluding hydrogens is 329 g/mol. The van der Waals surface area contributed by atoms with Gasteiger partial charge in [-0.3, -0.25) is 0 Å². The average Bonchev–Trinajstić information content (AvgIpc) is 2.66. The fraction of sp³-hybridized carbons (Fsp3) is 0.455. The molecule has 0 radical (unpaired) electrons. The van der Waals surface area contributed by atoms with E-state index in [-0.39, 0.29) is 19.0 Å². The van der Waals surface area contributed by atoms with Crippen molar-refractivity contribution in [1.82, 2.24) is 4.90 Å². The molecule has 0 aromatic heterocycles. The number of rotatable bonds is 8. The minimum atomic E-state index is -0.535. The normalized spacial score (nSPS) is 17.3. The van der Waals surface area contributed by atoms with Crippen molar-refractivity contribution in [3.63, 3.8) is 0 Å². The van der Waals surface area contributed by atoms with Crippen molar-refractivity contribution in [2.45, 2.75) is 32.0 Å². The molecule has 3 rings (SSSR count). The van der Waals surface area contributed by atoms with Gasteiger partial charge in [-0.15, -0.1) is 0 Å². The van der Waals surface area contributed by atoms with Gasteiger partial charge in [0.2, 0.25) is 0 Å². The fourth-order valence-electron chi connectivity index (χ4n) is 3.59. The van der Waals surface area contributed by atoms with Crippen molar-refractivity contribution in [2.75, 3.05) is 26.2 Å². The average molecular weight is 357 g/mol. The van der Waals surface area contributed by atoms with Crippen molar-refractivity contribution in [1.29, 1.82) is 0 Å². The molecule has 1 aliphatic rings. The molecule has 1 saturated heterocycles. The number of aliphatic hydroxyl groups is 1. The van der Waals surface area contributed by atoms with E-state index in [0.717, 1.165) is 38.3 Å². The highest BCUT2D eigenvalue weighted by molar-refractivity contribution is 5.16. The van der Waals surface area contributed by atoms with Gasteiger partial charge in [-0.2, -0.15) is 0 Å². The van der Waals surface area contributed by atoms with Crippen LogP contribution in [0, 0.1) is 11.7 Å². The van der Waals surface area contributed by atoms with Crippen molar-refractivity contribution < 1.29 is 14.2 Å². The highest BCUT2D eigenvalue weighted by Crippen LogP contribution is 2.21. The van der Waals surface area contributed by atoms with E-state index in [9.17, 15) is 9.50 Å². The van der Waals surface area contributed by atoms with Gasteiger partial charge in [-0.05, 0) is 49.9 Å². The van der Waals surface area contributed by atoms with E-state index < -0.39 is 6.10 Å². The van der Waals surface area contributed by atoms with E-state index in [0.29, 0.717) is 12.1 Å². The Bertz CT molecular complexity index is 656. The summed E-state index contributed by atoms with van der Waals surface area (Å²) in [4.78, 5) is 2.30. The van der Waals surface area contributed by atoms with Crippen LogP contribution in [0.3, 0.4) is 0 Å². The third-order valence-corrected chi connectivity index (χ3v) is 5.07. The van der Waals surface area contributed by atoms with E-state index >= 15 is 0 Å². The molecule has 0 amide bonds. The molecule has 4 heteroatoms. The van der Waals surface area contributed by atoms with Crippen LogP contribution in [-0.4, -0.2) is 42.4 Å². The predicted molar refractivity (Wildman–Crippen MR) is 101 cm³/mol. The molecular formula is C22H28FNO2. The molecule has 1 heterocycles. The Balaban J connectivity index is 1.33. The molecule has 2 aromatic carbocycles. The van der Waals surface area contributed by atoms with E-state index in [1.165, 1.54) is 11.6 Å². The zero-order valence-electron chi connectivity index (χ0n) is 15.2. The number of aliphatic hydroxyl groups excluding tert-OH is 1. The van der Waals surface area contributed by atoms with E-state index in [1.807, 2.05) is 0 Å². The van der Waals surface area contributed by atoms with Gasteiger partial charge in [0, 0.05) is 12.1 Å². The standard InChI is InChI=1S/C22H28FNO2/c23-22-9-5-4-8-20(22)16-26-17-21(25)15-24-12-10-19(11-13-24)14-18-6-2-1-3-7-18/h1-9,19,21,25H,10-17H2/t21-/m1/s1. The number of benzene rings is 2. The zero-order chi connectivity index (χ0) is 18.2. The largest absolute Gasteiger partial charge is 0.389 e. The third kappa shape index (κ3) is 5.90. The molecule has 1 aliphatic heterocycles.